The van der Waals surface area contributed by atoms with Crippen LogP contribution in [-0.2, 0) is 0 Å². The second-order valence-electron chi connectivity index (χ2n) is 5.48. The van der Waals surface area contributed by atoms with Crippen LogP contribution in [-0.4, -0.2) is 36.8 Å². The van der Waals surface area contributed by atoms with Crippen LogP contribution >= 0.6 is 11.8 Å². The summed E-state index contributed by atoms with van der Waals surface area (Å²) < 4.78 is 0. The molecule has 1 heterocycles. The Labute approximate surface area is 115 Å². The Bertz CT molecular complexity index is 377. The number of nitrogens with zero attached hydrogens (tertiary/aromatic N) is 1. The molecule has 0 spiro atoms. The number of thioether (sulfide) groups is 1. The molecule has 1 aliphatic heterocycles. The van der Waals surface area contributed by atoms with Crippen molar-refractivity contribution in [1.29, 1.82) is 0 Å². The van der Waals surface area contributed by atoms with Crippen LogP contribution in [0.1, 0.15) is 20.3 Å². The summed E-state index contributed by atoms with van der Waals surface area (Å²) in [5, 5.41) is 3.70. The minimum Gasteiger partial charge on any atom is -0.382 e. The van der Waals surface area contributed by atoms with Crippen molar-refractivity contribution in [3.8, 4) is 0 Å². The molecule has 100 valence electrons. The Hall–Kier alpha value is -0.670. The van der Waals surface area contributed by atoms with Crippen molar-refractivity contribution < 1.29 is 0 Å². The standard InChI is InChI=1S/C15H24N2S/c1-11-10-17(3)12(2)9-15(11)16-13-5-7-14(18-4)8-6-13/h5-8,11-12,15-16H,9-10H2,1-4H3. The van der Waals surface area contributed by atoms with Gasteiger partial charge in [-0.05, 0) is 56.8 Å². The summed E-state index contributed by atoms with van der Waals surface area (Å²) in [6, 6.07) is 10.0. The molecule has 18 heavy (non-hydrogen) atoms. The van der Waals surface area contributed by atoms with Gasteiger partial charge in [-0.2, -0.15) is 0 Å². The molecule has 1 fully saturated rings. The second kappa shape index (κ2) is 5.98. The maximum atomic E-state index is 3.70. The number of benzene rings is 1. The maximum absolute atomic E-state index is 3.70. The number of nitrogens with one attached hydrogen (secondary N) is 1. The van der Waals surface area contributed by atoms with Gasteiger partial charge in [-0.3, -0.25) is 0 Å². The number of piperidine rings is 1. The summed E-state index contributed by atoms with van der Waals surface area (Å²) >= 11 is 1.79. The first-order chi connectivity index (χ1) is 8.60. The summed E-state index contributed by atoms with van der Waals surface area (Å²) in [6.45, 7) is 5.84. The van der Waals surface area contributed by atoms with Gasteiger partial charge >= 0.3 is 0 Å². The Morgan fingerprint density at radius 1 is 1.22 bits per heavy atom. The van der Waals surface area contributed by atoms with Crippen molar-refractivity contribution in [2.45, 2.75) is 37.2 Å². The molecule has 1 N–H and O–H groups in total. The average Bonchev–Trinajstić information content (AvgIpc) is 2.37. The molecule has 3 atom stereocenters. The van der Waals surface area contributed by atoms with Crippen LogP contribution in [0, 0.1) is 5.92 Å². The topological polar surface area (TPSA) is 15.3 Å². The van der Waals surface area contributed by atoms with Crippen molar-refractivity contribution >= 4 is 17.4 Å². The number of hydrogen-bond donors (Lipinski definition) is 1. The lowest BCUT2D eigenvalue weighted by Crippen LogP contribution is -2.48. The van der Waals surface area contributed by atoms with Gasteiger partial charge in [-0.15, -0.1) is 11.8 Å². The Morgan fingerprint density at radius 3 is 2.50 bits per heavy atom. The molecule has 1 aromatic rings. The van der Waals surface area contributed by atoms with E-state index in [1.54, 1.807) is 11.8 Å². The third-order valence-corrected chi connectivity index (χ3v) is 4.80. The molecule has 2 nitrogen and oxygen atoms in total. The van der Waals surface area contributed by atoms with E-state index in [4.69, 9.17) is 0 Å². The van der Waals surface area contributed by atoms with Crippen LogP contribution < -0.4 is 5.32 Å². The fraction of sp³-hybridized carbons (Fsp3) is 0.600. The fourth-order valence-electron chi connectivity index (χ4n) is 2.64. The molecular formula is C15H24N2S. The van der Waals surface area contributed by atoms with Gasteiger partial charge in [-0.1, -0.05) is 6.92 Å². The second-order valence-corrected chi connectivity index (χ2v) is 6.36. The largest absolute Gasteiger partial charge is 0.382 e. The van der Waals surface area contributed by atoms with Gasteiger partial charge in [0, 0.05) is 29.2 Å². The molecule has 0 radical (unpaired) electrons. The van der Waals surface area contributed by atoms with Crippen LogP contribution in [0.4, 0.5) is 5.69 Å². The van der Waals surface area contributed by atoms with E-state index >= 15 is 0 Å². The predicted molar refractivity (Wildman–Crippen MR) is 81.5 cm³/mol. The van der Waals surface area contributed by atoms with Crippen molar-refractivity contribution in [1.82, 2.24) is 4.90 Å². The van der Waals surface area contributed by atoms with Crippen LogP contribution in [0.25, 0.3) is 0 Å². The van der Waals surface area contributed by atoms with Crippen molar-refractivity contribution in [3.63, 3.8) is 0 Å². The van der Waals surface area contributed by atoms with Gasteiger partial charge in [0.1, 0.15) is 0 Å². The van der Waals surface area contributed by atoms with Gasteiger partial charge in [-0.25, -0.2) is 0 Å². The molecule has 1 aliphatic rings. The molecule has 0 aliphatic carbocycles. The molecule has 0 amide bonds. The zero-order valence-electron chi connectivity index (χ0n) is 11.8. The third-order valence-electron chi connectivity index (χ3n) is 4.05. The van der Waals surface area contributed by atoms with E-state index in [-0.39, 0.29) is 0 Å². The van der Waals surface area contributed by atoms with Crippen LogP contribution in [0.5, 0.6) is 0 Å². The van der Waals surface area contributed by atoms with Crippen LogP contribution in [0.3, 0.4) is 0 Å². The molecule has 0 saturated carbocycles. The van der Waals surface area contributed by atoms with Crippen molar-refractivity contribution in [2.24, 2.45) is 5.92 Å². The van der Waals surface area contributed by atoms with E-state index in [1.165, 1.54) is 23.5 Å². The number of hydrogen-bond acceptors (Lipinski definition) is 3. The normalized spacial score (nSPS) is 29.2. The highest BCUT2D eigenvalue weighted by Crippen LogP contribution is 2.25. The maximum Gasteiger partial charge on any atom is 0.0343 e. The van der Waals surface area contributed by atoms with Gasteiger partial charge in [0.2, 0.25) is 0 Å². The number of rotatable bonds is 3. The summed E-state index contributed by atoms with van der Waals surface area (Å²) in [5.74, 6) is 0.700. The highest BCUT2D eigenvalue weighted by atomic mass is 32.2. The minimum absolute atomic E-state index is 0.594. The average molecular weight is 264 g/mol. The summed E-state index contributed by atoms with van der Waals surface area (Å²) in [6.07, 6.45) is 3.34. The summed E-state index contributed by atoms with van der Waals surface area (Å²) in [7, 11) is 2.23. The zero-order chi connectivity index (χ0) is 13.1. The Kier molecular flexibility index (Phi) is 4.57. The lowest BCUT2D eigenvalue weighted by molar-refractivity contribution is 0.145. The van der Waals surface area contributed by atoms with E-state index in [1.807, 2.05) is 0 Å². The smallest absolute Gasteiger partial charge is 0.0343 e. The molecule has 3 unspecified atom stereocenters. The summed E-state index contributed by atoms with van der Waals surface area (Å²) in [5.41, 5.74) is 1.25. The third kappa shape index (κ3) is 3.21. The van der Waals surface area contributed by atoms with Crippen molar-refractivity contribution in [2.75, 3.05) is 25.2 Å². The molecule has 0 bridgehead atoms. The van der Waals surface area contributed by atoms with Crippen LogP contribution in [0.15, 0.2) is 29.2 Å². The van der Waals surface area contributed by atoms with Crippen LogP contribution in [0.2, 0.25) is 0 Å². The lowest BCUT2D eigenvalue weighted by Gasteiger charge is -2.40. The zero-order valence-corrected chi connectivity index (χ0v) is 12.6. The van der Waals surface area contributed by atoms with E-state index < -0.39 is 0 Å². The van der Waals surface area contributed by atoms with Gasteiger partial charge in [0.15, 0.2) is 0 Å². The monoisotopic (exact) mass is 264 g/mol. The summed E-state index contributed by atoms with van der Waals surface area (Å²) in [4.78, 5) is 3.78. The van der Waals surface area contributed by atoms with E-state index in [0.717, 1.165) is 0 Å². The lowest BCUT2D eigenvalue weighted by atomic mass is 9.89. The van der Waals surface area contributed by atoms with E-state index in [0.29, 0.717) is 18.0 Å². The first kappa shape index (κ1) is 13.8. The number of anilines is 1. The fourth-order valence-corrected chi connectivity index (χ4v) is 3.05. The highest BCUT2D eigenvalue weighted by Gasteiger charge is 2.28. The first-order valence-electron chi connectivity index (χ1n) is 6.71. The Balaban J connectivity index is 1.99. The molecular weight excluding hydrogens is 240 g/mol. The first-order valence-corrected chi connectivity index (χ1v) is 7.93. The van der Waals surface area contributed by atoms with Gasteiger partial charge < -0.3 is 10.2 Å². The molecule has 1 saturated heterocycles. The molecule has 0 aromatic heterocycles. The van der Waals surface area contributed by atoms with Gasteiger partial charge in [0.05, 0.1) is 0 Å². The SMILES string of the molecule is CSc1ccc(NC2CC(C)N(C)CC2C)cc1. The molecule has 2 rings (SSSR count). The molecule has 1 aromatic carbocycles. The van der Waals surface area contributed by atoms with Gasteiger partial charge in [0.25, 0.3) is 0 Å². The highest BCUT2D eigenvalue weighted by molar-refractivity contribution is 7.98. The van der Waals surface area contributed by atoms with E-state index in [2.05, 4.69) is 61.6 Å². The quantitative estimate of drug-likeness (QED) is 0.841. The predicted octanol–water partition coefficient (Wildman–Crippen LogP) is 3.55. The number of likely N-dealkylation sites (tertiary alicyclic amines) is 1. The Morgan fingerprint density at radius 2 is 1.89 bits per heavy atom. The van der Waals surface area contributed by atoms with Crippen molar-refractivity contribution in [3.05, 3.63) is 24.3 Å². The minimum atomic E-state index is 0.594. The van der Waals surface area contributed by atoms with E-state index in [9.17, 15) is 0 Å². The molecule has 3 heteroatoms.